The minimum absolute atomic E-state index is 0.135. The van der Waals surface area contributed by atoms with Crippen LogP contribution in [0.25, 0.3) is 10.9 Å². The van der Waals surface area contributed by atoms with E-state index in [1.807, 2.05) is 55.5 Å². The van der Waals surface area contributed by atoms with E-state index >= 15 is 0 Å². The van der Waals surface area contributed by atoms with Crippen LogP contribution in [-0.2, 0) is 0 Å². The number of quaternary nitrogens is 1. The zero-order chi connectivity index (χ0) is 16.4. The summed E-state index contributed by atoms with van der Waals surface area (Å²) in [5.41, 5.74) is 2.87. The van der Waals surface area contributed by atoms with Crippen LogP contribution >= 0.6 is 11.6 Å². The molecule has 0 aliphatic rings. The third-order valence-corrected chi connectivity index (χ3v) is 4.46. The molecule has 0 fully saturated rings. The second kappa shape index (κ2) is 6.57. The van der Waals surface area contributed by atoms with Crippen molar-refractivity contribution in [2.24, 2.45) is 0 Å². The lowest BCUT2D eigenvalue weighted by molar-refractivity contribution is -0.709. The molecule has 2 atom stereocenters. The Labute approximate surface area is 140 Å². The molecule has 0 amide bonds. The lowest BCUT2D eigenvalue weighted by Crippen LogP contribution is -2.91. The van der Waals surface area contributed by atoms with E-state index in [0.717, 1.165) is 27.1 Å². The number of carbonyl (C=O) groups is 1. The van der Waals surface area contributed by atoms with Crippen LogP contribution in [0, 0.1) is 0 Å². The zero-order valence-electron chi connectivity index (χ0n) is 13.2. The summed E-state index contributed by atoms with van der Waals surface area (Å²) < 4.78 is 0. The predicted molar refractivity (Wildman–Crippen MR) is 93.9 cm³/mol. The van der Waals surface area contributed by atoms with Crippen molar-refractivity contribution in [1.29, 1.82) is 0 Å². The van der Waals surface area contributed by atoms with Crippen molar-refractivity contribution in [3.63, 3.8) is 0 Å². The fraction of sp³-hybridized carbons (Fsp3) is 0.211. The third kappa shape index (κ3) is 3.31. The van der Waals surface area contributed by atoms with Crippen molar-refractivity contribution in [1.82, 2.24) is 4.98 Å². The lowest BCUT2D eigenvalue weighted by Gasteiger charge is -2.16. The monoisotopic (exact) mass is 327 g/mol. The van der Waals surface area contributed by atoms with Gasteiger partial charge in [0.15, 0.2) is 0 Å². The summed E-state index contributed by atoms with van der Waals surface area (Å²) in [4.78, 5) is 15.9. The van der Waals surface area contributed by atoms with Gasteiger partial charge in [0, 0.05) is 33.2 Å². The number of aromatic nitrogens is 1. The Kier molecular flexibility index (Phi) is 4.51. The summed E-state index contributed by atoms with van der Waals surface area (Å²) in [6.45, 7) is 4.04. The fourth-order valence-electron chi connectivity index (χ4n) is 2.94. The molecule has 0 saturated heterocycles. The molecule has 0 unspecified atom stereocenters. The van der Waals surface area contributed by atoms with Gasteiger partial charge < -0.3 is 10.3 Å². The second-order valence-electron chi connectivity index (χ2n) is 5.94. The maximum absolute atomic E-state index is 12.8. The standard InChI is InChI=1S/C19H19ClN2O/c1-12(14-6-5-7-15(20)10-14)22-13(2)19(23)17-11-21-18-9-4-3-8-16(17)18/h3-13,21-22H,1-2H3/p+1/t12-,13+/m1/s1. The van der Waals surface area contributed by atoms with Gasteiger partial charge in [0.05, 0.1) is 0 Å². The van der Waals surface area contributed by atoms with Crippen molar-refractivity contribution >= 4 is 28.3 Å². The Balaban J connectivity index is 1.77. The third-order valence-electron chi connectivity index (χ3n) is 4.22. The summed E-state index contributed by atoms with van der Waals surface area (Å²) in [6, 6.07) is 15.7. The number of carbonyl (C=O) groups excluding carboxylic acids is 1. The average molecular weight is 328 g/mol. The summed E-state index contributed by atoms with van der Waals surface area (Å²) >= 11 is 6.05. The van der Waals surface area contributed by atoms with Gasteiger partial charge in [-0.2, -0.15) is 0 Å². The summed E-state index contributed by atoms with van der Waals surface area (Å²) in [5.74, 6) is 0.135. The average Bonchev–Trinajstić information content (AvgIpc) is 2.98. The van der Waals surface area contributed by atoms with Crippen LogP contribution in [0.5, 0.6) is 0 Å². The lowest BCUT2D eigenvalue weighted by atomic mass is 10.0. The van der Waals surface area contributed by atoms with Gasteiger partial charge in [-0.3, -0.25) is 4.79 Å². The predicted octanol–water partition coefficient (Wildman–Crippen LogP) is 3.72. The number of benzene rings is 2. The van der Waals surface area contributed by atoms with Gasteiger partial charge in [0.25, 0.3) is 0 Å². The number of halogens is 1. The van der Waals surface area contributed by atoms with Gasteiger partial charge in [0.1, 0.15) is 12.1 Å². The fourth-order valence-corrected chi connectivity index (χ4v) is 3.14. The number of rotatable bonds is 5. The van der Waals surface area contributed by atoms with Crippen LogP contribution in [0.15, 0.2) is 54.7 Å². The highest BCUT2D eigenvalue weighted by atomic mass is 35.5. The van der Waals surface area contributed by atoms with Crippen molar-refractivity contribution in [2.75, 3.05) is 0 Å². The van der Waals surface area contributed by atoms with Crippen molar-refractivity contribution < 1.29 is 10.1 Å². The van der Waals surface area contributed by atoms with Crippen LogP contribution in [0.2, 0.25) is 5.02 Å². The van der Waals surface area contributed by atoms with Gasteiger partial charge in [-0.05, 0) is 32.0 Å². The topological polar surface area (TPSA) is 49.5 Å². The van der Waals surface area contributed by atoms with Crippen LogP contribution in [0.1, 0.15) is 35.8 Å². The SMILES string of the molecule is C[C@H]([NH2+][C@H](C)c1cccc(Cl)c1)C(=O)c1c[nH]c2ccccc12. The van der Waals surface area contributed by atoms with Gasteiger partial charge in [0.2, 0.25) is 5.78 Å². The Morgan fingerprint density at radius 2 is 1.91 bits per heavy atom. The summed E-state index contributed by atoms with van der Waals surface area (Å²) in [5, 5.41) is 3.78. The first-order chi connectivity index (χ1) is 11.1. The van der Waals surface area contributed by atoms with E-state index < -0.39 is 0 Å². The second-order valence-corrected chi connectivity index (χ2v) is 6.37. The molecule has 3 N–H and O–H groups in total. The molecule has 2 aromatic carbocycles. The molecule has 0 saturated carbocycles. The van der Waals surface area contributed by atoms with E-state index in [0.29, 0.717) is 0 Å². The molecule has 1 heterocycles. The first kappa shape index (κ1) is 15.8. The Morgan fingerprint density at radius 1 is 1.13 bits per heavy atom. The summed E-state index contributed by atoms with van der Waals surface area (Å²) in [6.07, 6.45) is 1.81. The highest BCUT2D eigenvalue weighted by Gasteiger charge is 2.23. The zero-order valence-corrected chi connectivity index (χ0v) is 14.0. The molecule has 0 radical (unpaired) electrons. The van der Waals surface area contributed by atoms with E-state index in [1.165, 1.54) is 0 Å². The molecule has 3 rings (SSSR count). The van der Waals surface area contributed by atoms with Crippen molar-refractivity contribution in [2.45, 2.75) is 25.9 Å². The first-order valence-electron chi connectivity index (χ1n) is 7.77. The van der Waals surface area contributed by atoms with Gasteiger partial charge in [-0.15, -0.1) is 0 Å². The van der Waals surface area contributed by atoms with E-state index in [1.54, 1.807) is 6.20 Å². The van der Waals surface area contributed by atoms with Gasteiger partial charge in [-0.25, -0.2) is 0 Å². The molecule has 23 heavy (non-hydrogen) atoms. The van der Waals surface area contributed by atoms with Crippen LogP contribution in [0.4, 0.5) is 0 Å². The van der Waals surface area contributed by atoms with E-state index in [2.05, 4.69) is 17.2 Å². The molecule has 3 aromatic rings. The molecule has 0 spiro atoms. The van der Waals surface area contributed by atoms with Gasteiger partial charge >= 0.3 is 0 Å². The number of Topliss-reactive ketones (excluding diaryl/α,β-unsaturated/α-hetero) is 1. The Bertz CT molecular complexity index is 840. The Morgan fingerprint density at radius 3 is 2.70 bits per heavy atom. The number of nitrogens with two attached hydrogens (primary N) is 1. The van der Waals surface area contributed by atoms with Gasteiger partial charge in [-0.1, -0.05) is 41.9 Å². The maximum atomic E-state index is 12.8. The minimum atomic E-state index is -0.164. The molecule has 0 bridgehead atoms. The normalized spacial score (nSPS) is 13.9. The highest BCUT2D eigenvalue weighted by molar-refractivity contribution is 6.30. The number of para-hydroxylation sites is 1. The number of nitrogens with one attached hydrogen (secondary N) is 1. The molecule has 0 aliphatic carbocycles. The molecule has 0 aliphatic heterocycles. The number of fused-ring (bicyclic) bond motifs is 1. The number of ketones is 1. The molecule has 3 nitrogen and oxygen atoms in total. The first-order valence-corrected chi connectivity index (χ1v) is 8.15. The van der Waals surface area contributed by atoms with Crippen LogP contribution in [0.3, 0.4) is 0 Å². The molecular weight excluding hydrogens is 308 g/mol. The molecule has 4 heteroatoms. The number of hydrogen-bond acceptors (Lipinski definition) is 1. The molecule has 118 valence electrons. The van der Waals surface area contributed by atoms with Crippen LogP contribution < -0.4 is 5.32 Å². The summed E-state index contributed by atoms with van der Waals surface area (Å²) in [7, 11) is 0. The maximum Gasteiger partial charge on any atom is 0.221 e. The Hall–Kier alpha value is -2.10. The minimum Gasteiger partial charge on any atom is -0.360 e. The van der Waals surface area contributed by atoms with Crippen molar-refractivity contribution in [3.8, 4) is 0 Å². The van der Waals surface area contributed by atoms with E-state index in [4.69, 9.17) is 11.6 Å². The number of aromatic amines is 1. The number of hydrogen-bond donors (Lipinski definition) is 2. The van der Waals surface area contributed by atoms with E-state index in [9.17, 15) is 4.79 Å². The largest absolute Gasteiger partial charge is 0.360 e. The van der Waals surface area contributed by atoms with E-state index in [-0.39, 0.29) is 17.9 Å². The molecular formula is C19H20ClN2O+. The molecule has 1 aromatic heterocycles. The quantitative estimate of drug-likeness (QED) is 0.689. The highest BCUT2D eigenvalue weighted by Crippen LogP contribution is 2.19. The van der Waals surface area contributed by atoms with Crippen molar-refractivity contribution in [3.05, 3.63) is 70.9 Å². The van der Waals surface area contributed by atoms with Crippen LogP contribution in [-0.4, -0.2) is 16.8 Å². The number of H-pyrrole nitrogens is 1. The smallest absolute Gasteiger partial charge is 0.221 e.